The number of thiophene rings is 1. The third kappa shape index (κ3) is 3.75. The van der Waals surface area contributed by atoms with Crippen LogP contribution in [0.25, 0.3) is 0 Å². The Kier molecular flexibility index (Phi) is 5.20. The molecule has 2 atom stereocenters. The molecule has 3 heterocycles. The van der Waals surface area contributed by atoms with Crippen molar-refractivity contribution in [1.29, 1.82) is 0 Å². The van der Waals surface area contributed by atoms with E-state index in [9.17, 15) is 4.79 Å². The van der Waals surface area contributed by atoms with E-state index in [-0.39, 0.29) is 5.91 Å². The first-order valence-corrected chi connectivity index (χ1v) is 10.3. The van der Waals surface area contributed by atoms with Crippen molar-refractivity contribution < 1.29 is 9.53 Å². The first-order valence-electron chi connectivity index (χ1n) is 9.07. The smallest absolute Gasteiger partial charge is 0.261 e. The summed E-state index contributed by atoms with van der Waals surface area (Å²) in [5, 5.41) is 5.81. The number of amides is 1. The molecule has 0 spiro atoms. The molecule has 2 aromatic rings. The minimum Gasteiger partial charge on any atom is -0.487 e. The molecule has 2 aliphatic heterocycles. The number of carbonyl (C=O) groups is 1. The Labute approximate surface area is 163 Å². The van der Waals surface area contributed by atoms with Crippen LogP contribution in [0.2, 0.25) is 5.02 Å². The molecule has 2 unspecified atom stereocenters. The Balaban J connectivity index is 1.33. The molecule has 6 heteroatoms. The van der Waals surface area contributed by atoms with Crippen LogP contribution >= 0.6 is 22.9 Å². The van der Waals surface area contributed by atoms with Gasteiger partial charge in [-0.15, -0.1) is 11.3 Å². The van der Waals surface area contributed by atoms with Crippen molar-refractivity contribution >= 4 is 28.8 Å². The lowest BCUT2D eigenvalue weighted by Gasteiger charge is -2.36. The zero-order valence-corrected chi connectivity index (χ0v) is 16.4. The van der Waals surface area contributed by atoms with Gasteiger partial charge in [0.1, 0.15) is 12.4 Å². The average Bonchev–Trinajstić information content (AvgIpc) is 3.16. The highest BCUT2D eigenvalue weighted by molar-refractivity contribution is 7.12. The molecule has 1 aromatic carbocycles. The Morgan fingerprint density at radius 3 is 2.77 bits per heavy atom. The molecule has 1 aromatic heterocycles. The molecule has 1 amide bonds. The van der Waals surface area contributed by atoms with Crippen LogP contribution in [-0.2, 0) is 6.61 Å². The predicted molar refractivity (Wildman–Crippen MR) is 105 cm³/mol. The van der Waals surface area contributed by atoms with Crippen molar-refractivity contribution in [3.63, 3.8) is 0 Å². The van der Waals surface area contributed by atoms with Crippen LogP contribution in [0.4, 0.5) is 0 Å². The molecule has 2 fully saturated rings. The zero-order valence-electron chi connectivity index (χ0n) is 14.8. The number of fused-ring (bicyclic) bond motifs is 2. The minimum absolute atomic E-state index is 0.0351. The fraction of sp³-hybridized carbons (Fsp3) is 0.450. The Morgan fingerprint density at radius 1 is 1.31 bits per heavy atom. The number of hydrogen-bond donors (Lipinski definition) is 1. The maximum atomic E-state index is 12.6. The molecule has 26 heavy (non-hydrogen) atoms. The normalized spacial score (nSPS) is 25.2. The van der Waals surface area contributed by atoms with E-state index in [4.69, 9.17) is 16.3 Å². The van der Waals surface area contributed by atoms with Gasteiger partial charge in [-0.05, 0) is 56.3 Å². The van der Waals surface area contributed by atoms with Gasteiger partial charge < -0.3 is 15.0 Å². The summed E-state index contributed by atoms with van der Waals surface area (Å²) in [6.45, 7) is 0.409. The van der Waals surface area contributed by atoms with Gasteiger partial charge in [0.2, 0.25) is 0 Å². The number of halogens is 1. The van der Waals surface area contributed by atoms with E-state index < -0.39 is 0 Å². The van der Waals surface area contributed by atoms with Gasteiger partial charge in [-0.1, -0.05) is 23.7 Å². The lowest BCUT2D eigenvalue weighted by Crippen LogP contribution is -2.48. The third-order valence-corrected chi connectivity index (χ3v) is 6.83. The molecule has 0 saturated carbocycles. The maximum absolute atomic E-state index is 12.6. The minimum atomic E-state index is 0.0351. The second-order valence-corrected chi connectivity index (χ2v) is 8.55. The largest absolute Gasteiger partial charge is 0.487 e. The van der Waals surface area contributed by atoms with Crippen molar-refractivity contribution in [2.75, 3.05) is 7.05 Å². The van der Waals surface area contributed by atoms with Crippen LogP contribution in [0.1, 0.15) is 40.9 Å². The van der Waals surface area contributed by atoms with Gasteiger partial charge in [0.25, 0.3) is 5.91 Å². The Bertz CT molecular complexity index is 780. The fourth-order valence-electron chi connectivity index (χ4n) is 4.08. The monoisotopic (exact) mass is 390 g/mol. The SMILES string of the molecule is CN1C2CCC1CC(NC(=O)c1cc(COc3ccccc3Cl)cs1)C2. The highest BCUT2D eigenvalue weighted by atomic mass is 35.5. The molecular formula is C20H23ClN2O2S. The summed E-state index contributed by atoms with van der Waals surface area (Å²) in [6.07, 6.45) is 4.64. The molecule has 0 radical (unpaired) electrons. The molecule has 4 nitrogen and oxygen atoms in total. The van der Waals surface area contributed by atoms with Crippen molar-refractivity contribution in [1.82, 2.24) is 10.2 Å². The second kappa shape index (κ2) is 7.59. The van der Waals surface area contributed by atoms with Crippen LogP contribution in [-0.4, -0.2) is 36.0 Å². The molecule has 2 bridgehead atoms. The molecule has 4 rings (SSSR count). The van der Waals surface area contributed by atoms with Crippen LogP contribution in [0.5, 0.6) is 5.75 Å². The lowest BCUT2D eigenvalue weighted by atomic mass is 9.98. The topological polar surface area (TPSA) is 41.6 Å². The van der Waals surface area contributed by atoms with Gasteiger partial charge in [-0.3, -0.25) is 4.79 Å². The molecule has 2 saturated heterocycles. The van der Waals surface area contributed by atoms with Gasteiger partial charge in [0, 0.05) is 23.7 Å². The van der Waals surface area contributed by atoms with Gasteiger partial charge in [0.15, 0.2) is 0 Å². The first-order chi connectivity index (χ1) is 12.6. The van der Waals surface area contributed by atoms with Crippen molar-refractivity contribution in [3.05, 3.63) is 51.2 Å². The highest BCUT2D eigenvalue weighted by Crippen LogP contribution is 2.34. The van der Waals surface area contributed by atoms with Crippen LogP contribution in [0.15, 0.2) is 35.7 Å². The molecule has 1 N–H and O–H groups in total. The number of nitrogens with one attached hydrogen (secondary N) is 1. The number of carbonyl (C=O) groups excluding carboxylic acids is 1. The average molecular weight is 391 g/mol. The number of para-hydroxylation sites is 1. The third-order valence-electron chi connectivity index (χ3n) is 5.54. The van der Waals surface area contributed by atoms with Gasteiger partial charge >= 0.3 is 0 Å². The maximum Gasteiger partial charge on any atom is 0.261 e. The summed E-state index contributed by atoms with van der Waals surface area (Å²) in [4.78, 5) is 15.8. The van der Waals surface area contributed by atoms with Gasteiger partial charge in [-0.2, -0.15) is 0 Å². The molecule has 0 aliphatic carbocycles. The van der Waals surface area contributed by atoms with Crippen LogP contribution in [0.3, 0.4) is 0 Å². The van der Waals surface area contributed by atoms with Gasteiger partial charge in [-0.25, -0.2) is 0 Å². The van der Waals surface area contributed by atoms with E-state index in [1.165, 1.54) is 24.2 Å². The van der Waals surface area contributed by atoms with E-state index in [0.29, 0.717) is 35.5 Å². The summed E-state index contributed by atoms with van der Waals surface area (Å²) in [5.41, 5.74) is 0.989. The van der Waals surface area contributed by atoms with Crippen LogP contribution in [0, 0.1) is 0 Å². The van der Waals surface area contributed by atoms with E-state index in [0.717, 1.165) is 23.3 Å². The quantitative estimate of drug-likeness (QED) is 0.825. The number of benzene rings is 1. The number of nitrogens with zero attached hydrogens (tertiary/aromatic N) is 1. The molecule has 2 aliphatic rings. The van der Waals surface area contributed by atoms with Crippen molar-refractivity contribution in [3.8, 4) is 5.75 Å². The number of ether oxygens (including phenoxy) is 1. The second-order valence-electron chi connectivity index (χ2n) is 7.23. The van der Waals surface area contributed by atoms with Gasteiger partial charge in [0.05, 0.1) is 9.90 Å². The summed E-state index contributed by atoms with van der Waals surface area (Å²) in [7, 11) is 2.21. The summed E-state index contributed by atoms with van der Waals surface area (Å²) >= 11 is 7.57. The lowest BCUT2D eigenvalue weighted by molar-refractivity contribution is 0.0886. The van der Waals surface area contributed by atoms with E-state index in [1.807, 2.05) is 29.6 Å². The molecular weight excluding hydrogens is 368 g/mol. The number of hydrogen-bond acceptors (Lipinski definition) is 4. The fourth-order valence-corrected chi connectivity index (χ4v) is 5.07. The summed E-state index contributed by atoms with van der Waals surface area (Å²) in [5.74, 6) is 0.695. The van der Waals surface area contributed by atoms with Crippen molar-refractivity contribution in [2.45, 2.75) is 50.4 Å². The Morgan fingerprint density at radius 2 is 2.04 bits per heavy atom. The van der Waals surface area contributed by atoms with Crippen molar-refractivity contribution in [2.24, 2.45) is 0 Å². The zero-order chi connectivity index (χ0) is 18.1. The Hall–Kier alpha value is -1.56. The number of rotatable bonds is 5. The number of piperidine rings is 1. The first kappa shape index (κ1) is 17.8. The van der Waals surface area contributed by atoms with Crippen LogP contribution < -0.4 is 10.1 Å². The van der Waals surface area contributed by atoms with E-state index in [2.05, 4.69) is 17.3 Å². The van der Waals surface area contributed by atoms with E-state index in [1.54, 1.807) is 6.07 Å². The standard InChI is InChI=1S/C20H23ClN2O2S/c1-23-15-6-7-16(23)10-14(9-15)22-20(24)19-8-13(12-26-19)11-25-18-5-3-2-4-17(18)21/h2-5,8,12,14-16H,6-7,9-11H2,1H3,(H,22,24). The molecule has 138 valence electrons. The van der Waals surface area contributed by atoms with E-state index >= 15 is 0 Å². The highest BCUT2D eigenvalue weighted by Gasteiger charge is 2.38. The predicted octanol–water partition coefficient (Wildman–Crippen LogP) is 4.34. The summed E-state index contributed by atoms with van der Waals surface area (Å²) in [6, 6.07) is 10.9. The summed E-state index contributed by atoms with van der Waals surface area (Å²) < 4.78 is 5.75.